The molecule has 4 rings (SSSR count). The van der Waals surface area contributed by atoms with Crippen molar-refractivity contribution >= 4 is 28.8 Å². The molecule has 0 spiro atoms. The number of thiophene rings is 1. The topological polar surface area (TPSA) is 29.5 Å². The average molecular weight is 416 g/mol. The summed E-state index contributed by atoms with van der Waals surface area (Å²) in [4.78, 5) is 15.6. The lowest BCUT2D eigenvalue weighted by Crippen LogP contribution is -2.30. The fraction of sp³-hybridized carbons (Fsp3) is 0.227. The number of hydrogen-bond donors (Lipinski definition) is 0. The first-order chi connectivity index (χ1) is 13.6. The number of carbonyl (C=O) groups excluding carboxylic acids is 1. The number of halogens is 2. The van der Waals surface area contributed by atoms with E-state index in [1.807, 2.05) is 34.5 Å². The molecule has 1 amide bonds. The van der Waals surface area contributed by atoms with Gasteiger partial charge in [-0.2, -0.15) is 0 Å². The Hall–Kier alpha value is -2.37. The van der Waals surface area contributed by atoms with Crippen LogP contribution in [0, 0.1) is 5.82 Å². The standard InChI is InChI=1S/C22H19ClFNO2S/c1-27-20-13-14(8-9-18(20)24)15-5-2-3-6-16(15)19-7-4-11-25(19)22(26)21-17(23)10-12-28-21/h2-3,5-6,8-10,12-13,19H,4,7,11H2,1H3. The molecule has 0 radical (unpaired) electrons. The first kappa shape index (κ1) is 19.0. The number of likely N-dealkylation sites (tertiary alicyclic amines) is 1. The van der Waals surface area contributed by atoms with Gasteiger partial charge in [0.05, 0.1) is 18.2 Å². The van der Waals surface area contributed by atoms with Crippen molar-refractivity contribution in [3.05, 3.63) is 75.2 Å². The molecule has 1 aliphatic rings. The smallest absolute Gasteiger partial charge is 0.265 e. The third-order valence-corrected chi connectivity index (χ3v) is 6.44. The van der Waals surface area contributed by atoms with Gasteiger partial charge in [0.2, 0.25) is 0 Å². The summed E-state index contributed by atoms with van der Waals surface area (Å²) in [5.41, 5.74) is 2.89. The molecular weight excluding hydrogens is 397 g/mol. The molecule has 2 heterocycles. The highest BCUT2D eigenvalue weighted by atomic mass is 35.5. The van der Waals surface area contributed by atoms with Gasteiger partial charge in [-0.05, 0) is 53.1 Å². The van der Waals surface area contributed by atoms with Crippen molar-refractivity contribution in [1.29, 1.82) is 0 Å². The lowest BCUT2D eigenvalue weighted by Gasteiger charge is -2.27. The van der Waals surface area contributed by atoms with Crippen LogP contribution in [0.5, 0.6) is 5.75 Å². The summed E-state index contributed by atoms with van der Waals surface area (Å²) in [6.45, 7) is 0.693. The van der Waals surface area contributed by atoms with E-state index < -0.39 is 5.82 Å². The lowest BCUT2D eigenvalue weighted by molar-refractivity contribution is 0.0741. The van der Waals surface area contributed by atoms with Crippen molar-refractivity contribution < 1.29 is 13.9 Å². The van der Waals surface area contributed by atoms with E-state index in [0.29, 0.717) is 16.4 Å². The first-order valence-corrected chi connectivity index (χ1v) is 10.3. The van der Waals surface area contributed by atoms with Gasteiger partial charge in [-0.1, -0.05) is 41.9 Å². The number of ether oxygens (including phenoxy) is 1. The number of nitrogens with zero attached hydrogens (tertiary/aromatic N) is 1. The van der Waals surface area contributed by atoms with E-state index in [1.54, 1.807) is 18.2 Å². The molecule has 1 aliphatic heterocycles. The van der Waals surface area contributed by atoms with E-state index in [1.165, 1.54) is 24.5 Å². The molecule has 0 N–H and O–H groups in total. The molecule has 0 bridgehead atoms. The van der Waals surface area contributed by atoms with Gasteiger partial charge in [0.1, 0.15) is 4.88 Å². The molecule has 1 fully saturated rings. The van der Waals surface area contributed by atoms with Gasteiger partial charge >= 0.3 is 0 Å². The molecule has 3 nitrogen and oxygen atoms in total. The van der Waals surface area contributed by atoms with Crippen LogP contribution in [0.1, 0.15) is 34.1 Å². The Morgan fingerprint density at radius 2 is 2.07 bits per heavy atom. The normalized spacial score (nSPS) is 16.4. The van der Waals surface area contributed by atoms with Crippen molar-refractivity contribution in [1.82, 2.24) is 4.90 Å². The van der Waals surface area contributed by atoms with Gasteiger partial charge in [0.25, 0.3) is 5.91 Å². The van der Waals surface area contributed by atoms with Crippen molar-refractivity contribution in [2.45, 2.75) is 18.9 Å². The number of rotatable bonds is 4. The largest absolute Gasteiger partial charge is 0.494 e. The van der Waals surface area contributed by atoms with E-state index in [0.717, 1.165) is 29.5 Å². The molecule has 2 aromatic carbocycles. The summed E-state index contributed by atoms with van der Waals surface area (Å²) in [5.74, 6) is -0.222. The Morgan fingerprint density at radius 1 is 1.25 bits per heavy atom. The van der Waals surface area contributed by atoms with Gasteiger partial charge in [-0.3, -0.25) is 4.79 Å². The maximum absolute atomic E-state index is 13.9. The predicted molar refractivity (Wildman–Crippen MR) is 111 cm³/mol. The van der Waals surface area contributed by atoms with E-state index in [4.69, 9.17) is 16.3 Å². The molecule has 144 valence electrons. The van der Waals surface area contributed by atoms with Crippen LogP contribution in [0.3, 0.4) is 0 Å². The van der Waals surface area contributed by atoms with Crippen molar-refractivity contribution in [2.75, 3.05) is 13.7 Å². The number of hydrogen-bond acceptors (Lipinski definition) is 3. The summed E-state index contributed by atoms with van der Waals surface area (Å²) in [5, 5.41) is 2.33. The van der Waals surface area contributed by atoms with Crippen LogP contribution in [0.2, 0.25) is 5.02 Å². The van der Waals surface area contributed by atoms with Crippen LogP contribution in [-0.2, 0) is 0 Å². The van der Waals surface area contributed by atoms with Crippen LogP contribution in [0.4, 0.5) is 4.39 Å². The van der Waals surface area contributed by atoms with Crippen molar-refractivity contribution in [3.8, 4) is 16.9 Å². The molecule has 1 unspecified atom stereocenters. The Kier molecular flexibility index (Phi) is 5.38. The van der Waals surface area contributed by atoms with Crippen molar-refractivity contribution in [3.63, 3.8) is 0 Å². The summed E-state index contributed by atoms with van der Waals surface area (Å²) in [6.07, 6.45) is 1.81. The maximum atomic E-state index is 13.9. The van der Waals surface area contributed by atoms with Gasteiger partial charge in [0.15, 0.2) is 11.6 Å². The van der Waals surface area contributed by atoms with Gasteiger partial charge in [-0.25, -0.2) is 4.39 Å². The number of carbonyl (C=O) groups is 1. The second-order valence-corrected chi connectivity index (χ2v) is 8.01. The lowest BCUT2D eigenvalue weighted by atomic mass is 9.93. The number of methoxy groups -OCH3 is 1. The third kappa shape index (κ3) is 3.40. The van der Waals surface area contributed by atoms with Crippen LogP contribution in [0.15, 0.2) is 53.9 Å². The van der Waals surface area contributed by atoms with Crippen molar-refractivity contribution in [2.24, 2.45) is 0 Å². The zero-order chi connectivity index (χ0) is 19.7. The fourth-order valence-electron chi connectivity index (χ4n) is 3.79. The summed E-state index contributed by atoms with van der Waals surface area (Å²) in [7, 11) is 1.45. The minimum absolute atomic E-state index is 0.0333. The highest BCUT2D eigenvalue weighted by Gasteiger charge is 2.33. The monoisotopic (exact) mass is 415 g/mol. The molecule has 1 aromatic heterocycles. The molecule has 1 atom stereocenters. The Bertz CT molecular complexity index is 1020. The highest BCUT2D eigenvalue weighted by molar-refractivity contribution is 7.12. The number of benzene rings is 2. The van der Waals surface area contributed by atoms with Gasteiger partial charge in [0, 0.05) is 6.54 Å². The minimum Gasteiger partial charge on any atom is -0.494 e. The van der Waals surface area contributed by atoms with Crippen LogP contribution in [-0.4, -0.2) is 24.5 Å². The summed E-state index contributed by atoms with van der Waals surface area (Å²) >= 11 is 7.56. The molecular formula is C22H19ClFNO2S. The van der Waals surface area contributed by atoms with E-state index in [2.05, 4.69) is 0 Å². The van der Waals surface area contributed by atoms with Gasteiger partial charge in [-0.15, -0.1) is 11.3 Å². The quantitative estimate of drug-likeness (QED) is 0.508. The molecule has 6 heteroatoms. The molecule has 0 aliphatic carbocycles. The first-order valence-electron chi connectivity index (χ1n) is 9.07. The van der Waals surface area contributed by atoms with Crippen LogP contribution >= 0.6 is 22.9 Å². The number of amides is 1. The van der Waals surface area contributed by atoms with E-state index in [9.17, 15) is 9.18 Å². The Morgan fingerprint density at radius 3 is 2.82 bits per heavy atom. The van der Waals surface area contributed by atoms with Crippen LogP contribution in [0.25, 0.3) is 11.1 Å². The average Bonchev–Trinajstić information content (AvgIpc) is 3.37. The third-order valence-electron chi connectivity index (χ3n) is 5.11. The Labute approximate surface area is 172 Å². The maximum Gasteiger partial charge on any atom is 0.265 e. The zero-order valence-electron chi connectivity index (χ0n) is 15.3. The predicted octanol–water partition coefficient (Wildman–Crippen LogP) is 6.19. The molecule has 0 saturated carbocycles. The van der Waals surface area contributed by atoms with E-state index >= 15 is 0 Å². The zero-order valence-corrected chi connectivity index (χ0v) is 16.9. The second-order valence-electron chi connectivity index (χ2n) is 6.69. The van der Waals surface area contributed by atoms with Crippen LogP contribution < -0.4 is 4.74 Å². The minimum atomic E-state index is -0.395. The summed E-state index contributed by atoms with van der Waals surface area (Å²) in [6, 6.07) is 14.5. The summed E-state index contributed by atoms with van der Waals surface area (Å²) < 4.78 is 19.0. The molecule has 1 saturated heterocycles. The fourth-order valence-corrected chi connectivity index (χ4v) is 4.88. The Balaban J connectivity index is 1.73. The van der Waals surface area contributed by atoms with Gasteiger partial charge < -0.3 is 9.64 Å². The van der Waals surface area contributed by atoms with E-state index in [-0.39, 0.29) is 17.7 Å². The second kappa shape index (κ2) is 7.94. The highest BCUT2D eigenvalue weighted by Crippen LogP contribution is 2.40. The molecule has 3 aromatic rings. The SMILES string of the molecule is COc1cc(-c2ccccc2C2CCCN2C(=O)c2sccc2Cl)ccc1F. The molecule has 28 heavy (non-hydrogen) atoms.